The lowest BCUT2D eigenvalue weighted by Gasteiger charge is -2.21. The average molecular weight is 354 g/mol. The lowest BCUT2D eigenvalue weighted by atomic mass is 10.0. The molecule has 0 fully saturated rings. The molecule has 5 nitrogen and oxygen atoms in total. The normalized spacial score (nSPS) is 13.1. The number of benzene rings is 2. The van der Waals surface area contributed by atoms with Crippen LogP contribution in [0.3, 0.4) is 0 Å². The fourth-order valence-electron chi connectivity index (χ4n) is 2.97. The summed E-state index contributed by atoms with van der Waals surface area (Å²) in [6, 6.07) is 13.9. The van der Waals surface area contributed by atoms with Gasteiger partial charge in [-0.1, -0.05) is 32.0 Å². The second kappa shape index (κ2) is 8.23. The Labute approximate surface area is 154 Å². The molecule has 0 atom stereocenters. The van der Waals surface area contributed by atoms with Crippen molar-refractivity contribution in [3.05, 3.63) is 53.6 Å². The summed E-state index contributed by atoms with van der Waals surface area (Å²) in [5.74, 6) is 1.97. The number of rotatable bonds is 6. The van der Waals surface area contributed by atoms with Gasteiger partial charge in [-0.2, -0.15) is 0 Å². The average Bonchev–Trinajstić information content (AvgIpc) is 2.61. The van der Waals surface area contributed by atoms with Crippen molar-refractivity contribution in [2.24, 2.45) is 0 Å². The van der Waals surface area contributed by atoms with E-state index in [-0.39, 0.29) is 5.91 Å². The molecule has 0 saturated heterocycles. The topological polar surface area (TPSA) is 50.8 Å². The summed E-state index contributed by atoms with van der Waals surface area (Å²) in [5, 5.41) is 2.98. The Balaban J connectivity index is 1.55. The maximum atomic E-state index is 12.3. The first-order valence-corrected chi connectivity index (χ1v) is 8.98. The van der Waals surface area contributed by atoms with E-state index in [1.165, 1.54) is 5.56 Å². The highest BCUT2D eigenvalue weighted by atomic mass is 16.6. The van der Waals surface area contributed by atoms with Crippen molar-refractivity contribution in [3.8, 4) is 11.5 Å². The molecule has 1 aliphatic rings. The largest absolute Gasteiger partial charge is 0.486 e. The van der Waals surface area contributed by atoms with Crippen molar-refractivity contribution in [2.45, 2.75) is 26.3 Å². The molecule has 0 spiro atoms. The molecule has 1 N–H and O–H groups in total. The van der Waals surface area contributed by atoms with Gasteiger partial charge in [0, 0.05) is 12.2 Å². The zero-order chi connectivity index (χ0) is 18.5. The molecule has 0 aromatic heterocycles. The molecule has 2 aromatic rings. The van der Waals surface area contributed by atoms with Gasteiger partial charge in [-0.25, -0.2) is 0 Å². The number of anilines is 1. The fourth-order valence-corrected chi connectivity index (χ4v) is 2.97. The number of nitrogens with zero attached hydrogens (tertiary/aromatic N) is 1. The molecule has 5 heteroatoms. The van der Waals surface area contributed by atoms with Gasteiger partial charge in [0.2, 0.25) is 5.91 Å². The van der Waals surface area contributed by atoms with Crippen LogP contribution in [0.5, 0.6) is 11.5 Å². The molecule has 1 heterocycles. The van der Waals surface area contributed by atoms with Gasteiger partial charge >= 0.3 is 0 Å². The number of likely N-dealkylation sites (N-methyl/N-ethyl adjacent to an activating group) is 1. The van der Waals surface area contributed by atoms with Crippen molar-refractivity contribution in [2.75, 3.05) is 32.1 Å². The number of carbonyl (C=O) groups is 1. The number of hydrogen-bond donors (Lipinski definition) is 1. The number of carbonyl (C=O) groups excluding carboxylic acids is 1. The predicted molar refractivity (Wildman–Crippen MR) is 103 cm³/mol. The van der Waals surface area contributed by atoms with Gasteiger partial charge in [-0.15, -0.1) is 0 Å². The molecular formula is C21H26N2O3. The van der Waals surface area contributed by atoms with Crippen molar-refractivity contribution < 1.29 is 14.3 Å². The minimum absolute atomic E-state index is 0.0223. The van der Waals surface area contributed by atoms with E-state index in [2.05, 4.69) is 25.2 Å². The number of nitrogens with one attached hydrogen (secondary N) is 1. The summed E-state index contributed by atoms with van der Waals surface area (Å²) < 4.78 is 11.2. The molecule has 0 radical (unpaired) electrons. The Hall–Kier alpha value is -2.53. The molecule has 1 amide bonds. The molecule has 0 saturated carbocycles. The van der Waals surface area contributed by atoms with Crippen LogP contribution in [0.4, 0.5) is 5.69 Å². The van der Waals surface area contributed by atoms with Crippen LogP contribution in [-0.4, -0.2) is 37.6 Å². The van der Waals surface area contributed by atoms with Gasteiger partial charge in [0.1, 0.15) is 13.2 Å². The Morgan fingerprint density at radius 3 is 2.65 bits per heavy atom. The lowest BCUT2D eigenvalue weighted by Crippen LogP contribution is -2.30. The second-order valence-corrected chi connectivity index (χ2v) is 6.98. The van der Waals surface area contributed by atoms with E-state index in [1.54, 1.807) is 0 Å². The quantitative estimate of drug-likeness (QED) is 0.860. The van der Waals surface area contributed by atoms with Crippen LogP contribution >= 0.6 is 0 Å². The van der Waals surface area contributed by atoms with E-state index in [0.717, 1.165) is 22.7 Å². The highest BCUT2D eigenvalue weighted by Gasteiger charge is 2.13. The fraction of sp³-hybridized carbons (Fsp3) is 0.381. The van der Waals surface area contributed by atoms with E-state index < -0.39 is 0 Å². The minimum Gasteiger partial charge on any atom is -0.486 e. The Kier molecular flexibility index (Phi) is 5.78. The van der Waals surface area contributed by atoms with Crippen LogP contribution in [0, 0.1) is 0 Å². The summed E-state index contributed by atoms with van der Waals surface area (Å²) >= 11 is 0. The molecule has 1 aliphatic heterocycles. The van der Waals surface area contributed by atoms with Crippen LogP contribution in [0.15, 0.2) is 42.5 Å². The van der Waals surface area contributed by atoms with Crippen molar-refractivity contribution in [1.82, 2.24) is 4.90 Å². The predicted octanol–water partition coefficient (Wildman–Crippen LogP) is 3.65. The number of ether oxygens (including phenoxy) is 2. The third-order valence-electron chi connectivity index (χ3n) is 4.31. The summed E-state index contributed by atoms with van der Waals surface area (Å²) in [6.07, 6.45) is 0. The molecule has 138 valence electrons. The SMILES string of the molecule is CC(C)c1cccc(NC(=O)CN(C)Cc2ccc3c(c2)OCCO3)c1. The van der Waals surface area contributed by atoms with Crippen molar-refractivity contribution >= 4 is 11.6 Å². The van der Waals surface area contributed by atoms with E-state index >= 15 is 0 Å². The number of fused-ring (bicyclic) bond motifs is 1. The zero-order valence-corrected chi connectivity index (χ0v) is 15.6. The molecule has 3 rings (SSSR count). The molecular weight excluding hydrogens is 328 g/mol. The molecule has 26 heavy (non-hydrogen) atoms. The van der Waals surface area contributed by atoms with Crippen LogP contribution in [0.25, 0.3) is 0 Å². The van der Waals surface area contributed by atoms with Crippen molar-refractivity contribution in [1.29, 1.82) is 0 Å². The summed E-state index contributed by atoms with van der Waals surface area (Å²) in [6.45, 7) is 6.43. The molecule has 0 aliphatic carbocycles. The zero-order valence-electron chi connectivity index (χ0n) is 15.6. The molecule has 0 bridgehead atoms. The maximum absolute atomic E-state index is 12.3. The number of amides is 1. The van der Waals surface area contributed by atoms with Crippen molar-refractivity contribution in [3.63, 3.8) is 0 Å². The third kappa shape index (κ3) is 4.76. The summed E-state index contributed by atoms with van der Waals surface area (Å²) in [4.78, 5) is 14.3. The number of hydrogen-bond acceptors (Lipinski definition) is 4. The van der Waals surface area contributed by atoms with Gasteiger partial charge in [-0.05, 0) is 48.4 Å². The van der Waals surface area contributed by atoms with Crippen LogP contribution in [-0.2, 0) is 11.3 Å². The first-order chi connectivity index (χ1) is 12.5. The summed E-state index contributed by atoms with van der Waals surface area (Å²) in [5.41, 5.74) is 3.15. The van der Waals surface area contributed by atoms with Gasteiger partial charge in [-0.3, -0.25) is 9.69 Å². The Bertz CT molecular complexity index is 774. The van der Waals surface area contributed by atoms with Gasteiger partial charge in [0.25, 0.3) is 0 Å². The van der Waals surface area contributed by atoms with Crippen LogP contribution < -0.4 is 14.8 Å². The van der Waals surface area contributed by atoms with E-state index in [9.17, 15) is 4.79 Å². The third-order valence-corrected chi connectivity index (χ3v) is 4.31. The minimum atomic E-state index is -0.0223. The Morgan fingerprint density at radius 2 is 1.88 bits per heavy atom. The second-order valence-electron chi connectivity index (χ2n) is 6.98. The molecule has 0 unspecified atom stereocenters. The molecule has 2 aromatic carbocycles. The Morgan fingerprint density at radius 1 is 1.12 bits per heavy atom. The maximum Gasteiger partial charge on any atom is 0.238 e. The first kappa shape index (κ1) is 18.3. The monoisotopic (exact) mass is 354 g/mol. The lowest BCUT2D eigenvalue weighted by molar-refractivity contribution is -0.117. The van der Waals surface area contributed by atoms with E-state index in [1.807, 2.05) is 48.3 Å². The summed E-state index contributed by atoms with van der Waals surface area (Å²) in [7, 11) is 1.93. The van der Waals surface area contributed by atoms with E-state index in [0.29, 0.717) is 32.2 Å². The van der Waals surface area contributed by atoms with Crippen LogP contribution in [0.1, 0.15) is 30.9 Å². The smallest absolute Gasteiger partial charge is 0.238 e. The van der Waals surface area contributed by atoms with Gasteiger partial charge in [0.05, 0.1) is 6.54 Å². The highest BCUT2D eigenvalue weighted by Crippen LogP contribution is 2.31. The highest BCUT2D eigenvalue weighted by molar-refractivity contribution is 5.92. The van der Waals surface area contributed by atoms with Crippen LogP contribution in [0.2, 0.25) is 0 Å². The standard InChI is InChI=1S/C21H26N2O3/c1-15(2)17-5-4-6-18(12-17)22-21(24)14-23(3)13-16-7-8-19-20(11-16)26-10-9-25-19/h4-8,11-12,15H,9-10,13-14H2,1-3H3,(H,22,24). The van der Waals surface area contributed by atoms with Gasteiger partial charge < -0.3 is 14.8 Å². The van der Waals surface area contributed by atoms with Gasteiger partial charge in [0.15, 0.2) is 11.5 Å². The first-order valence-electron chi connectivity index (χ1n) is 8.98. The van der Waals surface area contributed by atoms with E-state index in [4.69, 9.17) is 9.47 Å².